The summed E-state index contributed by atoms with van der Waals surface area (Å²) < 4.78 is 0. The Morgan fingerprint density at radius 1 is 0.679 bits per heavy atom. The fourth-order valence-electron chi connectivity index (χ4n) is 1.68. The van der Waals surface area contributed by atoms with Crippen molar-refractivity contribution < 1.29 is 29.6 Å². The molecule has 2 aromatic carbocycles. The van der Waals surface area contributed by atoms with Gasteiger partial charge in [0.1, 0.15) is 10.0 Å². The Kier molecular flexibility index (Phi) is 7.94. The van der Waals surface area contributed by atoms with Gasteiger partial charge < -0.3 is 10.2 Å². The van der Waals surface area contributed by atoms with Gasteiger partial charge in [0.15, 0.2) is 0 Å². The van der Waals surface area contributed by atoms with Crippen LogP contribution in [0.2, 0.25) is 20.1 Å². The number of aromatic carboxylic acids is 2. The third kappa shape index (κ3) is 5.67. The normalized spacial score (nSPS) is 9.86. The quantitative estimate of drug-likeness (QED) is 0.454. The van der Waals surface area contributed by atoms with Crippen LogP contribution in [0.25, 0.3) is 0 Å². The van der Waals surface area contributed by atoms with E-state index in [1.807, 2.05) is 0 Å². The minimum absolute atomic E-state index is 0.131. The molecule has 0 aliphatic carbocycles. The molecule has 28 heavy (non-hydrogen) atoms. The third-order valence-corrected chi connectivity index (χ3v) is 4.16. The molecule has 0 radical (unpaired) electrons. The monoisotopic (exact) mass is 470 g/mol. The van der Waals surface area contributed by atoms with Crippen LogP contribution in [-0.4, -0.2) is 32.0 Å². The Labute approximate surface area is 175 Å². The van der Waals surface area contributed by atoms with E-state index in [2.05, 4.69) is 0 Å². The lowest BCUT2D eigenvalue weighted by Gasteiger charge is -2.00. The zero-order chi connectivity index (χ0) is 21.8. The molecule has 148 valence electrons. The first-order valence-electron chi connectivity index (χ1n) is 6.60. The van der Waals surface area contributed by atoms with Gasteiger partial charge in [-0.1, -0.05) is 46.4 Å². The number of benzene rings is 2. The third-order valence-electron chi connectivity index (χ3n) is 2.93. The Morgan fingerprint density at radius 2 is 1.04 bits per heavy atom. The van der Waals surface area contributed by atoms with Crippen LogP contribution in [0, 0.1) is 20.2 Å². The SMILES string of the molecule is O=C(O)c1cc(Cl)c([N+](=O)[O-])cc1Cl.O=C(O)c1cc([N+](=O)[O-])c(Cl)cc1Cl. The van der Waals surface area contributed by atoms with Gasteiger partial charge in [-0.2, -0.15) is 0 Å². The highest BCUT2D eigenvalue weighted by Crippen LogP contribution is 2.31. The van der Waals surface area contributed by atoms with Crippen LogP contribution in [0.3, 0.4) is 0 Å². The molecular weight excluding hydrogens is 466 g/mol. The van der Waals surface area contributed by atoms with Crippen molar-refractivity contribution in [3.63, 3.8) is 0 Å². The van der Waals surface area contributed by atoms with Crippen LogP contribution in [0.5, 0.6) is 0 Å². The van der Waals surface area contributed by atoms with Gasteiger partial charge in [0.05, 0.1) is 31.0 Å². The standard InChI is InChI=1S/2C7H3Cl2NO4/c8-4-2-5(9)6(10(13)14)1-3(4)7(11)12;8-4-2-6(10(13)14)5(9)1-3(4)7(11)12/h2*1-2H,(H,11,12). The van der Waals surface area contributed by atoms with Crippen molar-refractivity contribution in [2.45, 2.75) is 0 Å². The molecule has 0 saturated carbocycles. The van der Waals surface area contributed by atoms with Crippen molar-refractivity contribution in [1.29, 1.82) is 0 Å². The fourth-order valence-corrected chi connectivity index (χ4v) is 2.69. The van der Waals surface area contributed by atoms with Crippen LogP contribution in [0.1, 0.15) is 20.7 Å². The van der Waals surface area contributed by atoms with Gasteiger partial charge in [-0.25, -0.2) is 9.59 Å². The summed E-state index contributed by atoms with van der Waals surface area (Å²) in [6, 6.07) is 3.72. The van der Waals surface area contributed by atoms with Crippen LogP contribution < -0.4 is 0 Å². The number of nitro benzene ring substituents is 2. The first-order valence-corrected chi connectivity index (χ1v) is 8.11. The molecule has 0 heterocycles. The van der Waals surface area contributed by atoms with E-state index in [-0.39, 0.29) is 31.2 Å². The number of rotatable bonds is 4. The number of carboxylic acid groups (broad SMARTS) is 2. The van der Waals surface area contributed by atoms with E-state index < -0.39 is 33.2 Å². The minimum atomic E-state index is -1.34. The van der Waals surface area contributed by atoms with Crippen LogP contribution in [0.15, 0.2) is 24.3 Å². The van der Waals surface area contributed by atoms with E-state index in [1.165, 1.54) is 0 Å². The molecule has 2 rings (SSSR count). The van der Waals surface area contributed by atoms with Gasteiger partial charge in [-0.05, 0) is 12.1 Å². The molecule has 0 unspecified atom stereocenters. The molecule has 0 atom stereocenters. The van der Waals surface area contributed by atoms with E-state index in [9.17, 15) is 29.8 Å². The molecule has 0 aliphatic heterocycles. The fraction of sp³-hybridized carbons (Fsp3) is 0. The first-order chi connectivity index (χ1) is 12.9. The molecule has 10 nitrogen and oxygen atoms in total. The number of nitrogens with zero attached hydrogens (tertiary/aromatic N) is 2. The van der Waals surface area contributed by atoms with Gasteiger partial charge in [-0.3, -0.25) is 20.2 Å². The van der Waals surface area contributed by atoms with Gasteiger partial charge in [0.2, 0.25) is 0 Å². The Morgan fingerprint density at radius 3 is 1.46 bits per heavy atom. The van der Waals surface area contributed by atoms with Crippen LogP contribution >= 0.6 is 46.4 Å². The van der Waals surface area contributed by atoms with Crippen LogP contribution in [-0.2, 0) is 0 Å². The predicted octanol–water partition coefficient (Wildman–Crippen LogP) is 5.20. The molecule has 0 fully saturated rings. The summed E-state index contributed by atoms with van der Waals surface area (Å²) in [5, 5.41) is 37.2. The highest BCUT2D eigenvalue weighted by molar-refractivity contribution is 6.38. The van der Waals surface area contributed by atoms with Crippen molar-refractivity contribution in [3.05, 3.63) is 75.7 Å². The summed E-state index contributed by atoms with van der Waals surface area (Å²) in [4.78, 5) is 40.4. The largest absolute Gasteiger partial charge is 0.478 e. The van der Waals surface area contributed by atoms with Crippen molar-refractivity contribution in [1.82, 2.24) is 0 Å². The molecule has 2 aromatic rings. The number of nitro groups is 2. The average molecular weight is 472 g/mol. The molecule has 0 saturated heterocycles. The molecule has 0 spiro atoms. The summed E-state index contributed by atoms with van der Waals surface area (Å²) in [7, 11) is 0. The number of hydrogen-bond acceptors (Lipinski definition) is 6. The number of carboxylic acids is 2. The Hall–Kier alpha value is -2.66. The van der Waals surface area contributed by atoms with E-state index in [0.29, 0.717) is 0 Å². The molecule has 0 amide bonds. The number of halogens is 4. The maximum Gasteiger partial charge on any atom is 0.337 e. The van der Waals surface area contributed by atoms with Gasteiger partial charge in [-0.15, -0.1) is 0 Å². The molecular formula is C14H6Cl4N2O8. The lowest BCUT2D eigenvalue weighted by atomic mass is 10.2. The van der Waals surface area contributed by atoms with Crippen LogP contribution in [0.4, 0.5) is 11.4 Å². The zero-order valence-corrected chi connectivity index (χ0v) is 16.1. The number of hydrogen-bond donors (Lipinski definition) is 2. The second kappa shape index (κ2) is 9.51. The van der Waals surface area contributed by atoms with E-state index in [4.69, 9.17) is 56.6 Å². The average Bonchev–Trinajstić information content (AvgIpc) is 2.56. The molecule has 0 bridgehead atoms. The zero-order valence-electron chi connectivity index (χ0n) is 13.1. The lowest BCUT2D eigenvalue weighted by molar-refractivity contribution is -0.384. The van der Waals surface area contributed by atoms with Gasteiger partial charge in [0.25, 0.3) is 11.4 Å². The molecule has 14 heteroatoms. The Balaban J connectivity index is 0.000000280. The second-order valence-electron chi connectivity index (χ2n) is 4.69. The van der Waals surface area contributed by atoms with Crippen molar-refractivity contribution >= 4 is 69.7 Å². The van der Waals surface area contributed by atoms with Crippen molar-refractivity contribution in [3.8, 4) is 0 Å². The van der Waals surface area contributed by atoms with E-state index >= 15 is 0 Å². The summed E-state index contributed by atoms with van der Waals surface area (Å²) in [5.74, 6) is -2.62. The minimum Gasteiger partial charge on any atom is -0.478 e. The van der Waals surface area contributed by atoms with E-state index in [1.54, 1.807) is 0 Å². The topological polar surface area (TPSA) is 161 Å². The first kappa shape index (κ1) is 23.4. The molecule has 0 aliphatic rings. The van der Waals surface area contributed by atoms with Crippen molar-refractivity contribution in [2.75, 3.05) is 0 Å². The van der Waals surface area contributed by atoms with Gasteiger partial charge in [0, 0.05) is 12.1 Å². The molecule has 2 N–H and O–H groups in total. The maximum atomic E-state index is 10.6. The summed E-state index contributed by atoms with van der Waals surface area (Å²) in [6.07, 6.45) is 0. The molecule has 0 aromatic heterocycles. The smallest absolute Gasteiger partial charge is 0.337 e. The summed E-state index contributed by atoms with van der Waals surface area (Å²) in [6.45, 7) is 0. The summed E-state index contributed by atoms with van der Waals surface area (Å²) >= 11 is 22.0. The van der Waals surface area contributed by atoms with Crippen molar-refractivity contribution in [2.24, 2.45) is 0 Å². The summed E-state index contributed by atoms with van der Waals surface area (Å²) in [5.41, 5.74) is -1.50. The van der Waals surface area contributed by atoms with Gasteiger partial charge >= 0.3 is 11.9 Å². The Bertz CT molecular complexity index is 921. The maximum absolute atomic E-state index is 10.6. The highest BCUT2D eigenvalue weighted by atomic mass is 35.5. The lowest BCUT2D eigenvalue weighted by Crippen LogP contribution is -1.99. The van der Waals surface area contributed by atoms with E-state index in [0.717, 1.165) is 24.3 Å². The highest BCUT2D eigenvalue weighted by Gasteiger charge is 2.20. The number of carbonyl (C=O) groups is 2. The predicted molar refractivity (Wildman–Crippen MR) is 100 cm³/mol. The second-order valence-corrected chi connectivity index (χ2v) is 6.32.